The van der Waals surface area contributed by atoms with Crippen molar-refractivity contribution in [2.24, 2.45) is 0 Å². The van der Waals surface area contributed by atoms with Crippen molar-refractivity contribution in [2.75, 3.05) is 27.3 Å². The molecule has 1 N–H and O–H groups in total. The second kappa shape index (κ2) is 7.85. The molecule has 0 heterocycles. The first-order valence-corrected chi connectivity index (χ1v) is 7.51. The van der Waals surface area contributed by atoms with Gasteiger partial charge in [-0.05, 0) is 38.0 Å². The minimum atomic E-state index is -1.02. The molecule has 0 atom stereocenters. The maximum atomic E-state index is 12.8. The van der Waals surface area contributed by atoms with Crippen LogP contribution in [-0.2, 0) is 15.0 Å². The van der Waals surface area contributed by atoms with Crippen molar-refractivity contribution in [1.29, 1.82) is 0 Å². The number of carboxylic acids is 1. The van der Waals surface area contributed by atoms with Crippen LogP contribution in [0.2, 0.25) is 0 Å². The minimum Gasteiger partial charge on any atom is -0.493 e. The molecule has 0 radical (unpaired) electrons. The van der Waals surface area contributed by atoms with Crippen molar-refractivity contribution in [3.05, 3.63) is 23.8 Å². The van der Waals surface area contributed by atoms with Gasteiger partial charge in [-0.1, -0.05) is 13.0 Å². The number of ether oxygens (including phenoxy) is 2. The Kier molecular flexibility index (Phi) is 6.42. The lowest BCUT2D eigenvalue weighted by atomic mass is 9.83. The summed E-state index contributed by atoms with van der Waals surface area (Å²) >= 11 is 0. The molecule has 0 aromatic heterocycles. The number of hydrogen-bond donors (Lipinski definition) is 1. The smallest absolute Gasteiger partial charge is 0.323 e. The van der Waals surface area contributed by atoms with Crippen LogP contribution in [0.3, 0.4) is 0 Å². The first kappa shape index (κ1) is 18.8. The molecule has 0 spiro atoms. The number of hydrogen-bond acceptors (Lipinski definition) is 4. The highest BCUT2D eigenvalue weighted by Crippen LogP contribution is 2.34. The Balaban J connectivity index is 3.17. The molecule has 6 heteroatoms. The van der Waals surface area contributed by atoms with Gasteiger partial charge in [0.2, 0.25) is 5.91 Å². The van der Waals surface area contributed by atoms with E-state index in [1.807, 2.05) is 6.92 Å². The van der Waals surface area contributed by atoms with Crippen LogP contribution in [0, 0.1) is 0 Å². The number of methoxy groups -OCH3 is 2. The molecule has 0 aliphatic rings. The Morgan fingerprint density at radius 1 is 1.17 bits per heavy atom. The Labute approximate surface area is 137 Å². The zero-order chi connectivity index (χ0) is 17.6. The quantitative estimate of drug-likeness (QED) is 0.794. The number of carbonyl (C=O) groups excluding carboxylic acids is 1. The predicted octanol–water partition coefficient (Wildman–Crippen LogP) is 2.30. The van der Waals surface area contributed by atoms with Crippen LogP contribution in [0.15, 0.2) is 18.2 Å². The number of nitrogens with zero attached hydrogens (tertiary/aromatic N) is 1. The van der Waals surface area contributed by atoms with Crippen LogP contribution in [0.5, 0.6) is 11.5 Å². The first-order valence-electron chi connectivity index (χ1n) is 7.51. The maximum absolute atomic E-state index is 12.8. The third-order valence-corrected chi connectivity index (χ3v) is 3.75. The van der Waals surface area contributed by atoms with Gasteiger partial charge in [0.05, 0.1) is 19.6 Å². The van der Waals surface area contributed by atoms with Crippen molar-refractivity contribution in [3.63, 3.8) is 0 Å². The van der Waals surface area contributed by atoms with E-state index < -0.39 is 11.4 Å². The Morgan fingerprint density at radius 2 is 1.78 bits per heavy atom. The standard InChI is InChI=1S/C17H25NO5/c1-6-9-18(11-15(19)20)16(21)17(2,3)12-7-8-13(22-4)14(10-12)23-5/h7-8,10H,6,9,11H2,1-5H3,(H,19,20). The van der Waals surface area contributed by atoms with Gasteiger partial charge < -0.3 is 19.5 Å². The molecule has 1 aromatic carbocycles. The average Bonchev–Trinajstić information content (AvgIpc) is 2.52. The predicted molar refractivity (Wildman–Crippen MR) is 87.1 cm³/mol. The molecule has 1 rings (SSSR count). The van der Waals surface area contributed by atoms with Gasteiger partial charge in [-0.2, -0.15) is 0 Å². The highest BCUT2D eigenvalue weighted by molar-refractivity contribution is 5.90. The van der Waals surface area contributed by atoms with Crippen LogP contribution in [0.25, 0.3) is 0 Å². The van der Waals surface area contributed by atoms with Crippen LogP contribution in [0.4, 0.5) is 0 Å². The molecule has 1 aromatic rings. The van der Waals surface area contributed by atoms with Crippen molar-refractivity contribution in [2.45, 2.75) is 32.6 Å². The summed E-state index contributed by atoms with van der Waals surface area (Å²) in [4.78, 5) is 25.2. The Morgan fingerprint density at radius 3 is 2.26 bits per heavy atom. The summed E-state index contributed by atoms with van der Waals surface area (Å²) in [6, 6.07) is 5.29. The van der Waals surface area contributed by atoms with Gasteiger partial charge in [-0.15, -0.1) is 0 Å². The molecule has 1 amide bonds. The zero-order valence-corrected chi connectivity index (χ0v) is 14.4. The van der Waals surface area contributed by atoms with E-state index in [2.05, 4.69) is 0 Å². The summed E-state index contributed by atoms with van der Waals surface area (Å²) in [5.74, 6) is -0.134. The fourth-order valence-electron chi connectivity index (χ4n) is 2.43. The Hall–Kier alpha value is -2.24. The largest absolute Gasteiger partial charge is 0.493 e. The molecule has 128 valence electrons. The van der Waals surface area contributed by atoms with Crippen molar-refractivity contribution >= 4 is 11.9 Å². The molecular weight excluding hydrogens is 298 g/mol. The molecule has 0 bridgehead atoms. The number of aliphatic carboxylic acids is 1. The molecule has 0 fully saturated rings. The lowest BCUT2D eigenvalue weighted by Gasteiger charge is -2.31. The Bertz CT molecular complexity index is 568. The van der Waals surface area contributed by atoms with Crippen LogP contribution >= 0.6 is 0 Å². The van der Waals surface area contributed by atoms with E-state index in [9.17, 15) is 9.59 Å². The lowest BCUT2D eigenvalue weighted by Crippen LogP contribution is -2.46. The summed E-state index contributed by atoms with van der Waals surface area (Å²) in [6.45, 7) is 5.57. The molecule has 0 unspecified atom stereocenters. The third-order valence-electron chi connectivity index (χ3n) is 3.75. The molecule has 6 nitrogen and oxygen atoms in total. The van der Waals surface area contributed by atoms with Crippen molar-refractivity contribution < 1.29 is 24.2 Å². The molecule has 0 saturated heterocycles. The van der Waals surface area contributed by atoms with Gasteiger partial charge in [0.15, 0.2) is 11.5 Å². The highest BCUT2D eigenvalue weighted by Gasteiger charge is 2.35. The fourth-order valence-corrected chi connectivity index (χ4v) is 2.43. The summed E-state index contributed by atoms with van der Waals surface area (Å²) < 4.78 is 10.5. The number of benzene rings is 1. The molecule has 23 heavy (non-hydrogen) atoms. The van der Waals surface area contributed by atoms with Gasteiger partial charge in [0, 0.05) is 6.54 Å². The second-order valence-electron chi connectivity index (χ2n) is 5.82. The van der Waals surface area contributed by atoms with Crippen molar-refractivity contribution in [1.82, 2.24) is 4.90 Å². The normalized spacial score (nSPS) is 11.0. The summed E-state index contributed by atoms with van der Waals surface area (Å²) in [7, 11) is 3.08. The van der Waals surface area contributed by atoms with Gasteiger partial charge >= 0.3 is 5.97 Å². The van der Waals surface area contributed by atoms with E-state index in [0.717, 1.165) is 5.56 Å². The average molecular weight is 323 g/mol. The minimum absolute atomic E-state index is 0.228. The molecular formula is C17H25NO5. The summed E-state index contributed by atoms with van der Waals surface area (Å²) in [5, 5.41) is 9.02. The molecule has 0 aliphatic carbocycles. The monoisotopic (exact) mass is 323 g/mol. The van der Waals surface area contributed by atoms with Crippen LogP contribution < -0.4 is 9.47 Å². The van der Waals surface area contributed by atoms with E-state index >= 15 is 0 Å². The molecule has 0 aliphatic heterocycles. The maximum Gasteiger partial charge on any atom is 0.323 e. The first-order chi connectivity index (χ1) is 10.8. The van der Waals surface area contributed by atoms with E-state index in [1.54, 1.807) is 39.2 Å². The zero-order valence-electron chi connectivity index (χ0n) is 14.4. The van der Waals surface area contributed by atoms with Crippen molar-refractivity contribution in [3.8, 4) is 11.5 Å². The topological polar surface area (TPSA) is 76.1 Å². The number of amides is 1. The summed E-state index contributed by atoms with van der Waals surface area (Å²) in [6.07, 6.45) is 0.695. The van der Waals surface area contributed by atoms with E-state index in [4.69, 9.17) is 14.6 Å². The van der Waals surface area contributed by atoms with Crippen LogP contribution in [-0.4, -0.2) is 49.2 Å². The lowest BCUT2D eigenvalue weighted by molar-refractivity contribution is -0.146. The number of rotatable bonds is 8. The number of carbonyl (C=O) groups is 2. The SMILES string of the molecule is CCCN(CC(=O)O)C(=O)C(C)(C)c1ccc(OC)c(OC)c1. The van der Waals surface area contributed by atoms with E-state index in [-0.39, 0.29) is 12.5 Å². The second-order valence-corrected chi connectivity index (χ2v) is 5.82. The van der Waals surface area contributed by atoms with Gasteiger partial charge in [0.1, 0.15) is 6.54 Å². The molecule has 0 saturated carbocycles. The van der Waals surface area contributed by atoms with E-state index in [0.29, 0.717) is 24.5 Å². The van der Waals surface area contributed by atoms with Gasteiger partial charge in [-0.3, -0.25) is 9.59 Å². The van der Waals surface area contributed by atoms with Gasteiger partial charge in [-0.25, -0.2) is 0 Å². The highest BCUT2D eigenvalue weighted by atomic mass is 16.5. The van der Waals surface area contributed by atoms with E-state index in [1.165, 1.54) is 12.0 Å². The van der Waals surface area contributed by atoms with Crippen LogP contribution in [0.1, 0.15) is 32.8 Å². The third kappa shape index (κ3) is 4.37. The fraction of sp³-hybridized carbons (Fsp3) is 0.529. The summed E-state index contributed by atoms with van der Waals surface area (Å²) in [5.41, 5.74) is -0.129. The number of carboxylic acid groups (broad SMARTS) is 1. The van der Waals surface area contributed by atoms with Gasteiger partial charge in [0.25, 0.3) is 0 Å².